The second-order valence-corrected chi connectivity index (χ2v) is 4.75. The maximum absolute atomic E-state index is 7.19. The molecule has 1 N–H and O–H groups in total. The van der Waals surface area contributed by atoms with Crippen molar-refractivity contribution in [2.45, 2.75) is 47.5 Å². The van der Waals surface area contributed by atoms with Crippen LogP contribution in [-0.2, 0) is 0 Å². The van der Waals surface area contributed by atoms with Gasteiger partial charge < -0.3 is 5.41 Å². The van der Waals surface area contributed by atoms with E-state index in [2.05, 4.69) is 38.1 Å². The van der Waals surface area contributed by atoms with Gasteiger partial charge in [0.2, 0.25) is 0 Å². The maximum Gasteiger partial charge on any atom is 0.0249 e. The molecule has 1 heteroatoms. The van der Waals surface area contributed by atoms with Crippen LogP contribution < -0.4 is 0 Å². The number of hydrogen-bond donors (Lipinski definition) is 1. The summed E-state index contributed by atoms with van der Waals surface area (Å²) >= 11 is 0. The number of allylic oxidation sites excluding steroid dienone is 6. The molecule has 0 saturated heterocycles. The molecule has 0 radical (unpaired) electrons. The zero-order valence-corrected chi connectivity index (χ0v) is 14.1. The largest absolute Gasteiger partial charge is 0.308 e. The van der Waals surface area contributed by atoms with Gasteiger partial charge in [0.15, 0.2) is 0 Å². The molecular weight excluding hydrogens is 254 g/mol. The molecule has 0 fully saturated rings. The molecule has 0 spiro atoms. The van der Waals surface area contributed by atoms with Crippen molar-refractivity contribution in [1.29, 1.82) is 5.41 Å². The second-order valence-electron chi connectivity index (χ2n) is 4.75. The fraction of sp³-hybridized carbons (Fsp3) is 0.350. The van der Waals surface area contributed by atoms with Gasteiger partial charge in [-0.2, -0.15) is 0 Å². The Bertz CT molecular complexity index is 490. The van der Waals surface area contributed by atoms with Crippen molar-refractivity contribution in [3.63, 3.8) is 0 Å². The highest BCUT2D eigenvalue weighted by Crippen LogP contribution is 2.22. The molecule has 1 aromatic rings. The summed E-state index contributed by atoms with van der Waals surface area (Å²) in [5.41, 5.74) is 5.10. The minimum absolute atomic E-state index is 1.05. The lowest BCUT2D eigenvalue weighted by molar-refractivity contribution is 0.921. The molecule has 0 atom stereocenters. The quantitative estimate of drug-likeness (QED) is 0.618. The topological polar surface area (TPSA) is 23.9 Å². The van der Waals surface area contributed by atoms with Crippen LogP contribution in [0.2, 0.25) is 0 Å². The van der Waals surface area contributed by atoms with Gasteiger partial charge >= 0.3 is 0 Å². The first-order chi connectivity index (χ1) is 10.2. The third kappa shape index (κ3) is 8.09. The summed E-state index contributed by atoms with van der Waals surface area (Å²) in [5.74, 6) is 0. The molecule has 1 nitrogen and oxygen atoms in total. The van der Waals surface area contributed by atoms with E-state index < -0.39 is 0 Å². The van der Waals surface area contributed by atoms with Gasteiger partial charge in [-0.25, -0.2) is 0 Å². The first-order valence-electron chi connectivity index (χ1n) is 7.72. The van der Waals surface area contributed by atoms with Gasteiger partial charge in [0.05, 0.1) is 0 Å². The highest BCUT2D eigenvalue weighted by atomic mass is 14.3. The molecule has 0 heterocycles. The Hall–Kier alpha value is -1.89. The molecule has 0 bridgehead atoms. The summed E-state index contributed by atoms with van der Waals surface area (Å²) in [6.45, 7) is 10.2. The van der Waals surface area contributed by atoms with Crippen molar-refractivity contribution in [3.8, 4) is 0 Å². The summed E-state index contributed by atoms with van der Waals surface area (Å²) < 4.78 is 0. The summed E-state index contributed by atoms with van der Waals surface area (Å²) in [7, 11) is 0. The van der Waals surface area contributed by atoms with Gasteiger partial charge in [0.1, 0.15) is 0 Å². The van der Waals surface area contributed by atoms with Crippen molar-refractivity contribution in [3.05, 3.63) is 70.8 Å². The molecule has 1 aliphatic carbocycles. The van der Waals surface area contributed by atoms with Crippen molar-refractivity contribution in [1.82, 2.24) is 0 Å². The molecule has 0 amide bonds. The van der Waals surface area contributed by atoms with Crippen LogP contribution in [0, 0.1) is 12.3 Å². The van der Waals surface area contributed by atoms with E-state index in [1.807, 2.05) is 45.0 Å². The average molecular weight is 283 g/mol. The first-order valence-corrected chi connectivity index (χ1v) is 7.72. The lowest BCUT2D eigenvalue weighted by Gasteiger charge is -2.11. The number of rotatable bonds is 2. The molecule has 1 aliphatic rings. The third-order valence-corrected chi connectivity index (χ3v) is 3.14. The molecule has 0 aliphatic heterocycles. The summed E-state index contributed by atoms with van der Waals surface area (Å²) in [6.07, 6.45) is 9.91. The first kappa shape index (κ1) is 19.1. The number of benzene rings is 1. The maximum atomic E-state index is 7.19. The van der Waals surface area contributed by atoms with Crippen molar-refractivity contribution in [2.24, 2.45) is 0 Å². The standard InChI is InChI=1S/C11H15N.C7H8.C2H6/c1-3-10(8-12)11-6-4-9(2)5-7-11;1-7-5-3-2-4-6-7;1-2/h3-4,6,8,12H,5,7H2,1-2H3;2-6H,1H3;1-2H3/b10-3+,12-8?;;. The van der Waals surface area contributed by atoms with Gasteiger partial charge in [-0.15, -0.1) is 0 Å². The van der Waals surface area contributed by atoms with Crippen molar-refractivity contribution in [2.75, 3.05) is 0 Å². The Balaban J connectivity index is 0.000000377. The SMILES string of the molecule is C/C=C(\C=N)C1=CC=C(C)CC1.CC.Cc1ccccc1. The van der Waals surface area contributed by atoms with Gasteiger partial charge in [-0.1, -0.05) is 73.5 Å². The van der Waals surface area contributed by atoms with E-state index in [9.17, 15) is 0 Å². The Morgan fingerprint density at radius 1 is 1.00 bits per heavy atom. The van der Waals surface area contributed by atoms with E-state index in [0.717, 1.165) is 18.4 Å². The number of hydrogen-bond acceptors (Lipinski definition) is 1. The van der Waals surface area contributed by atoms with Crippen LogP contribution in [0.15, 0.2) is 65.3 Å². The van der Waals surface area contributed by atoms with Crippen LogP contribution in [0.25, 0.3) is 0 Å². The second kappa shape index (κ2) is 11.9. The lowest BCUT2D eigenvalue weighted by Crippen LogP contribution is -1.95. The summed E-state index contributed by atoms with van der Waals surface area (Å²) in [5, 5.41) is 7.19. The Kier molecular flexibility index (Phi) is 10.8. The highest BCUT2D eigenvalue weighted by molar-refractivity contribution is 5.82. The molecule has 21 heavy (non-hydrogen) atoms. The van der Waals surface area contributed by atoms with Crippen LogP contribution in [-0.4, -0.2) is 6.21 Å². The average Bonchev–Trinajstić information content (AvgIpc) is 2.54. The van der Waals surface area contributed by atoms with E-state index in [4.69, 9.17) is 5.41 Å². The lowest BCUT2D eigenvalue weighted by atomic mass is 9.94. The van der Waals surface area contributed by atoms with Crippen LogP contribution in [0.1, 0.15) is 46.1 Å². The monoisotopic (exact) mass is 283 g/mol. The van der Waals surface area contributed by atoms with E-state index in [0.29, 0.717) is 0 Å². The van der Waals surface area contributed by atoms with Gasteiger partial charge in [0.25, 0.3) is 0 Å². The Labute approximate surface area is 130 Å². The predicted molar refractivity (Wildman–Crippen MR) is 96.1 cm³/mol. The molecule has 0 aromatic heterocycles. The van der Waals surface area contributed by atoms with E-state index >= 15 is 0 Å². The molecule has 0 saturated carbocycles. The molecule has 2 rings (SSSR count). The van der Waals surface area contributed by atoms with E-state index in [1.54, 1.807) is 0 Å². The zero-order chi connectivity index (χ0) is 16.1. The van der Waals surface area contributed by atoms with Crippen molar-refractivity contribution >= 4 is 6.21 Å². The number of nitrogens with one attached hydrogen (secondary N) is 1. The smallest absolute Gasteiger partial charge is 0.0249 e. The third-order valence-electron chi connectivity index (χ3n) is 3.14. The van der Waals surface area contributed by atoms with E-state index in [-0.39, 0.29) is 0 Å². The summed E-state index contributed by atoms with van der Waals surface area (Å²) in [6, 6.07) is 10.3. The molecule has 1 aromatic carbocycles. The fourth-order valence-electron chi connectivity index (χ4n) is 1.88. The minimum Gasteiger partial charge on any atom is -0.308 e. The number of aryl methyl sites for hydroxylation is 1. The predicted octanol–water partition coefficient (Wildman–Crippen LogP) is 6.27. The van der Waals surface area contributed by atoms with Gasteiger partial charge in [-0.3, -0.25) is 0 Å². The molecule has 0 unspecified atom stereocenters. The van der Waals surface area contributed by atoms with E-state index in [1.165, 1.54) is 22.9 Å². The molecule has 114 valence electrons. The van der Waals surface area contributed by atoms with Gasteiger partial charge in [0, 0.05) is 6.21 Å². The zero-order valence-electron chi connectivity index (χ0n) is 14.1. The van der Waals surface area contributed by atoms with Gasteiger partial charge in [-0.05, 0) is 44.8 Å². The highest BCUT2D eigenvalue weighted by Gasteiger charge is 2.05. The van der Waals surface area contributed by atoms with Crippen LogP contribution in [0.4, 0.5) is 0 Å². The Morgan fingerprint density at radius 2 is 1.62 bits per heavy atom. The molecular formula is C20H29N. The van der Waals surface area contributed by atoms with Crippen molar-refractivity contribution < 1.29 is 0 Å². The minimum atomic E-state index is 1.05. The normalized spacial score (nSPS) is 13.7. The summed E-state index contributed by atoms with van der Waals surface area (Å²) in [4.78, 5) is 0. The fourth-order valence-corrected chi connectivity index (χ4v) is 1.88. The van der Waals surface area contributed by atoms with Crippen LogP contribution in [0.5, 0.6) is 0 Å². The van der Waals surface area contributed by atoms with Crippen LogP contribution in [0.3, 0.4) is 0 Å². The Morgan fingerprint density at radius 3 is 1.95 bits per heavy atom. The van der Waals surface area contributed by atoms with Crippen LogP contribution >= 0.6 is 0 Å².